The Balaban J connectivity index is 2.63. The van der Waals surface area contributed by atoms with Crippen molar-refractivity contribution in [3.8, 4) is 0 Å². The first-order valence-corrected chi connectivity index (χ1v) is 6.19. The van der Waals surface area contributed by atoms with Gasteiger partial charge in [0.1, 0.15) is 6.04 Å². The smallest absolute Gasteiger partial charge is 0.242 e. The van der Waals surface area contributed by atoms with Gasteiger partial charge in [0.25, 0.3) is 0 Å². The van der Waals surface area contributed by atoms with Gasteiger partial charge in [0, 0.05) is 12.2 Å². The summed E-state index contributed by atoms with van der Waals surface area (Å²) in [5.74, 6) is -0.0808. The molecule has 0 aliphatic rings. The molecule has 1 amide bonds. The summed E-state index contributed by atoms with van der Waals surface area (Å²) in [4.78, 5) is 11.9. The second-order valence-corrected chi connectivity index (χ2v) is 4.54. The van der Waals surface area contributed by atoms with E-state index in [2.05, 4.69) is 5.32 Å². The fourth-order valence-corrected chi connectivity index (χ4v) is 1.74. The van der Waals surface area contributed by atoms with Crippen LogP contribution < -0.4 is 5.32 Å². The molecule has 0 radical (unpaired) electrons. The van der Waals surface area contributed by atoms with E-state index in [1.807, 2.05) is 38.1 Å². The largest absolute Gasteiger partial charge is 0.324 e. The van der Waals surface area contributed by atoms with Gasteiger partial charge in [-0.2, -0.15) is 0 Å². The SMILES string of the molecule is CCCN(Cl)C(C)C(=O)Nc1ccccc1C. The van der Waals surface area contributed by atoms with E-state index in [-0.39, 0.29) is 11.9 Å². The average Bonchev–Trinajstić information content (AvgIpc) is 2.31. The van der Waals surface area contributed by atoms with E-state index < -0.39 is 0 Å². The van der Waals surface area contributed by atoms with Crippen molar-refractivity contribution in [1.82, 2.24) is 4.42 Å². The molecule has 0 heterocycles. The minimum Gasteiger partial charge on any atom is -0.324 e. The molecule has 0 bridgehead atoms. The summed E-state index contributed by atoms with van der Waals surface area (Å²) in [6.07, 6.45) is 0.922. The summed E-state index contributed by atoms with van der Waals surface area (Å²) in [7, 11) is 0. The molecule has 1 rings (SSSR count). The fourth-order valence-electron chi connectivity index (χ4n) is 1.48. The average molecular weight is 255 g/mol. The monoisotopic (exact) mass is 254 g/mol. The Bertz CT molecular complexity index is 381. The van der Waals surface area contributed by atoms with Crippen molar-refractivity contribution in [1.29, 1.82) is 0 Å². The highest BCUT2D eigenvalue weighted by atomic mass is 35.5. The van der Waals surface area contributed by atoms with Gasteiger partial charge in [0.2, 0.25) is 5.91 Å². The zero-order valence-electron chi connectivity index (χ0n) is 10.5. The molecule has 3 nitrogen and oxygen atoms in total. The van der Waals surface area contributed by atoms with E-state index in [0.29, 0.717) is 6.54 Å². The molecule has 0 saturated heterocycles. The molecule has 1 aromatic rings. The van der Waals surface area contributed by atoms with Crippen molar-refractivity contribution >= 4 is 23.4 Å². The van der Waals surface area contributed by atoms with Gasteiger partial charge in [0.05, 0.1) is 0 Å². The molecule has 0 aliphatic carbocycles. The normalized spacial score (nSPS) is 12.5. The maximum atomic E-state index is 11.9. The number of carbonyl (C=O) groups is 1. The van der Waals surface area contributed by atoms with Crippen LogP contribution in [0.5, 0.6) is 0 Å². The molecular formula is C13H19ClN2O. The quantitative estimate of drug-likeness (QED) is 0.819. The number of hydrogen-bond donors (Lipinski definition) is 1. The number of nitrogens with zero attached hydrogens (tertiary/aromatic N) is 1. The van der Waals surface area contributed by atoms with Crippen LogP contribution in [0.25, 0.3) is 0 Å². The predicted molar refractivity (Wildman–Crippen MR) is 72.1 cm³/mol. The van der Waals surface area contributed by atoms with Crippen LogP contribution in [0.15, 0.2) is 24.3 Å². The Hall–Kier alpha value is -1.06. The number of hydrogen-bond acceptors (Lipinski definition) is 2. The van der Waals surface area contributed by atoms with Crippen molar-refractivity contribution in [2.24, 2.45) is 0 Å². The minimum atomic E-state index is -0.337. The van der Waals surface area contributed by atoms with E-state index in [1.165, 1.54) is 4.42 Å². The number of nitrogens with one attached hydrogen (secondary N) is 1. The molecule has 1 atom stereocenters. The van der Waals surface area contributed by atoms with E-state index >= 15 is 0 Å². The second kappa shape index (κ2) is 6.62. The molecule has 0 spiro atoms. The van der Waals surface area contributed by atoms with Gasteiger partial charge >= 0.3 is 0 Å². The molecule has 1 aromatic carbocycles. The standard InChI is InChI=1S/C13H19ClN2O/c1-4-9-16(14)11(3)13(17)15-12-8-6-5-7-10(12)2/h5-8,11H,4,9H2,1-3H3,(H,15,17). The van der Waals surface area contributed by atoms with Crippen molar-refractivity contribution in [3.63, 3.8) is 0 Å². The predicted octanol–water partition coefficient (Wildman–Crippen LogP) is 3.19. The Labute approximate surface area is 108 Å². The van der Waals surface area contributed by atoms with E-state index in [1.54, 1.807) is 6.92 Å². The fraction of sp³-hybridized carbons (Fsp3) is 0.462. The van der Waals surface area contributed by atoms with Gasteiger partial charge in [-0.05, 0) is 43.7 Å². The van der Waals surface area contributed by atoms with Gasteiger partial charge in [-0.1, -0.05) is 25.1 Å². The van der Waals surface area contributed by atoms with E-state index in [9.17, 15) is 4.79 Å². The number of halogens is 1. The Morgan fingerprint density at radius 1 is 1.47 bits per heavy atom. The van der Waals surface area contributed by atoms with Crippen molar-refractivity contribution in [2.75, 3.05) is 11.9 Å². The van der Waals surface area contributed by atoms with Crippen LogP contribution in [0.4, 0.5) is 5.69 Å². The molecule has 1 unspecified atom stereocenters. The van der Waals surface area contributed by atoms with Crippen molar-refractivity contribution in [3.05, 3.63) is 29.8 Å². The zero-order valence-corrected chi connectivity index (χ0v) is 11.3. The Morgan fingerprint density at radius 2 is 2.12 bits per heavy atom. The number of para-hydroxylation sites is 1. The van der Waals surface area contributed by atoms with Crippen molar-refractivity contribution in [2.45, 2.75) is 33.2 Å². The lowest BCUT2D eigenvalue weighted by molar-refractivity contribution is -0.119. The lowest BCUT2D eigenvalue weighted by atomic mass is 10.2. The number of amides is 1. The highest BCUT2D eigenvalue weighted by Crippen LogP contribution is 2.14. The van der Waals surface area contributed by atoms with E-state index in [4.69, 9.17) is 11.8 Å². The lowest BCUT2D eigenvalue weighted by Gasteiger charge is -2.20. The van der Waals surface area contributed by atoms with Gasteiger partial charge in [-0.25, -0.2) is 4.42 Å². The number of aryl methyl sites for hydroxylation is 1. The van der Waals surface area contributed by atoms with Crippen LogP contribution in [0.1, 0.15) is 25.8 Å². The molecule has 17 heavy (non-hydrogen) atoms. The third kappa shape index (κ3) is 4.02. The van der Waals surface area contributed by atoms with Crippen LogP contribution in [-0.2, 0) is 4.79 Å². The second-order valence-electron chi connectivity index (χ2n) is 4.10. The Kier molecular flexibility index (Phi) is 5.45. The number of benzene rings is 1. The first kappa shape index (κ1) is 14.0. The van der Waals surface area contributed by atoms with Crippen LogP contribution in [0.2, 0.25) is 0 Å². The molecule has 0 aromatic heterocycles. The number of anilines is 1. The topological polar surface area (TPSA) is 32.3 Å². The van der Waals surface area contributed by atoms with Gasteiger partial charge < -0.3 is 5.32 Å². The number of carbonyl (C=O) groups excluding carboxylic acids is 1. The molecule has 0 fully saturated rings. The Morgan fingerprint density at radius 3 is 2.71 bits per heavy atom. The summed E-state index contributed by atoms with van der Waals surface area (Å²) in [6, 6.07) is 7.36. The number of rotatable bonds is 5. The molecule has 0 aliphatic heterocycles. The summed E-state index contributed by atoms with van der Waals surface area (Å²) < 4.78 is 1.54. The maximum Gasteiger partial charge on any atom is 0.242 e. The molecule has 1 N–H and O–H groups in total. The zero-order chi connectivity index (χ0) is 12.8. The molecule has 4 heteroatoms. The molecule has 94 valence electrons. The summed E-state index contributed by atoms with van der Waals surface area (Å²) in [5.41, 5.74) is 1.88. The third-order valence-electron chi connectivity index (χ3n) is 2.64. The van der Waals surface area contributed by atoms with Crippen LogP contribution in [-0.4, -0.2) is 22.9 Å². The highest BCUT2D eigenvalue weighted by Gasteiger charge is 2.19. The van der Waals surface area contributed by atoms with Gasteiger partial charge in [0.15, 0.2) is 0 Å². The first-order chi connectivity index (χ1) is 8.06. The minimum absolute atomic E-state index is 0.0808. The molecule has 0 saturated carbocycles. The van der Waals surface area contributed by atoms with Gasteiger partial charge in [-0.15, -0.1) is 0 Å². The summed E-state index contributed by atoms with van der Waals surface area (Å²) in [6.45, 7) is 6.49. The van der Waals surface area contributed by atoms with Crippen LogP contribution in [0.3, 0.4) is 0 Å². The van der Waals surface area contributed by atoms with Crippen LogP contribution >= 0.6 is 11.8 Å². The maximum absolute atomic E-state index is 11.9. The van der Waals surface area contributed by atoms with Crippen LogP contribution in [0, 0.1) is 6.92 Å². The van der Waals surface area contributed by atoms with Gasteiger partial charge in [-0.3, -0.25) is 4.79 Å². The lowest BCUT2D eigenvalue weighted by Crippen LogP contribution is -2.37. The highest BCUT2D eigenvalue weighted by molar-refractivity contribution is 6.15. The van der Waals surface area contributed by atoms with E-state index in [0.717, 1.165) is 17.7 Å². The van der Waals surface area contributed by atoms with Crippen molar-refractivity contribution < 1.29 is 4.79 Å². The first-order valence-electron chi connectivity index (χ1n) is 5.85. The summed E-state index contributed by atoms with van der Waals surface area (Å²) in [5, 5.41) is 2.88. The third-order valence-corrected chi connectivity index (χ3v) is 3.10. The summed E-state index contributed by atoms with van der Waals surface area (Å²) >= 11 is 6.00. The molecular weight excluding hydrogens is 236 g/mol.